The normalized spacial score (nSPS) is 33.1. The van der Waals surface area contributed by atoms with Crippen molar-refractivity contribution in [2.45, 2.75) is 37.3 Å². The van der Waals surface area contributed by atoms with E-state index in [1.165, 1.54) is 11.3 Å². The van der Waals surface area contributed by atoms with Crippen LogP contribution in [0.5, 0.6) is 0 Å². The van der Waals surface area contributed by atoms with Gasteiger partial charge in [0, 0.05) is 12.2 Å². The van der Waals surface area contributed by atoms with E-state index in [1.54, 1.807) is 6.20 Å². The smallest absolute Gasteiger partial charge is 0.180 e. The molecule has 0 aromatic carbocycles. The molecule has 1 heterocycles. The summed E-state index contributed by atoms with van der Waals surface area (Å²) in [6, 6.07) is 0.0945. The molecule has 0 aliphatic heterocycles. The molecular formula is C9H15N3OS. The molecule has 1 fully saturated rings. The molecule has 1 aromatic rings. The van der Waals surface area contributed by atoms with Crippen LogP contribution in [-0.4, -0.2) is 16.1 Å². The van der Waals surface area contributed by atoms with Crippen molar-refractivity contribution >= 4 is 16.5 Å². The summed E-state index contributed by atoms with van der Waals surface area (Å²) in [5, 5.41) is 10.9. The predicted molar refractivity (Wildman–Crippen MR) is 56.9 cm³/mol. The third-order valence-electron chi connectivity index (χ3n) is 2.75. The fraction of sp³-hybridized carbons (Fsp3) is 0.667. The lowest BCUT2D eigenvalue weighted by Gasteiger charge is -2.34. The van der Waals surface area contributed by atoms with Gasteiger partial charge in [0.15, 0.2) is 5.13 Å². The van der Waals surface area contributed by atoms with Crippen LogP contribution in [0.3, 0.4) is 0 Å². The molecule has 1 aromatic heterocycles. The summed E-state index contributed by atoms with van der Waals surface area (Å²) in [6.45, 7) is 0. The van der Waals surface area contributed by atoms with Crippen molar-refractivity contribution in [1.29, 1.82) is 0 Å². The minimum absolute atomic E-state index is 0.0945. The van der Waals surface area contributed by atoms with Crippen LogP contribution in [0.15, 0.2) is 6.20 Å². The molecule has 0 amide bonds. The SMILES string of the molecule is Nc1ncc(C2(O)CCCC(N)C2)s1. The van der Waals surface area contributed by atoms with Crippen LogP contribution >= 0.6 is 11.3 Å². The van der Waals surface area contributed by atoms with E-state index in [9.17, 15) is 5.11 Å². The van der Waals surface area contributed by atoms with E-state index in [1.807, 2.05) is 0 Å². The molecular weight excluding hydrogens is 198 g/mol. The fourth-order valence-electron chi connectivity index (χ4n) is 2.02. The van der Waals surface area contributed by atoms with Gasteiger partial charge in [0.25, 0.3) is 0 Å². The summed E-state index contributed by atoms with van der Waals surface area (Å²) in [5.41, 5.74) is 10.6. The second-order valence-corrected chi connectivity index (χ2v) is 5.01. The number of rotatable bonds is 1. The molecule has 0 bridgehead atoms. The van der Waals surface area contributed by atoms with Gasteiger partial charge in [0.1, 0.15) is 5.60 Å². The lowest BCUT2D eigenvalue weighted by Crippen LogP contribution is -2.38. The molecule has 1 aliphatic carbocycles. The monoisotopic (exact) mass is 213 g/mol. The maximum Gasteiger partial charge on any atom is 0.180 e. The Bertz CT molecular complexity index is 328. The zero-order valence-corrected chi connectivity index (χ0v) is 8.76. The Labute approximate surface area is 86.9 Å². The molecule has 2 atom stereocenters. The van der Waals surface area contributed by atoms with Gasteiger partial charge in [0.2, 0.25) is 0 Å². The van der Waals surface area contributed by atoms with Gasteiger partial charge < -0.3 is 16.6 Å². The van der Waals surface area contributed by atoms with Crippen molar-refractivity contribution in [1.82, 2.24) is 4.98 Å². The number of nitrogen functional groups attached to an aromatic ring is 1. The molecule has 78 valence electrons. The van der Waals surface area contributed by atoms with E-state index >= 15 is 0 Å². The fourth-order valence-corrected chi connectivity index (χ4v) is 2.83. The van der Waals surface area contributed by atoms with Crippen LogP contribution in [0.4, 0.5) is 5.13 Å². The van der Waals surface area contributed by atoms with Gasteiger partial charge in [-0.15, -0.1) is 0 Å². The number of nitrogens with two attached hydrogens (primary N) is 2. The van der Waals surface area contributed by atoms with Crippen LogP contribution < -0.4 is 11.5 Å². The van der Waals surface area contributed by atoms with Gasteiger partial charge >= 0.3 is 0 Å². The van der Waals surface area contributed by atoms with Gasteiger partial charge in [-0.1, -0.05) is 11.3 Å². The first kappa shape index (κ1) is 9.89. The molecule has 4 nitrogen and oxygen atoms in total. The average Bonchev–Trinajstić information content (AvgIpc) is 2.52. The number of nitrogens with zero attached hydrogens (tertiary/aromatic N) is 1. The Morgan fingerprint density at radius 3 is 3.00 bits per heavy atom. The third kappa shape index (κ3) is 1.75. The van der Waals surface area contributed by atoms with Crippen molar-refractivity contribution in [3.63, 3.8) is 0 Å². The van der Waals surface area contributed by atoms with Crippen molar-refractivity contribution in [3.8, 4) is 0 Å². The van der Waals surface area contributed by atoms with Gasteiger partial charge in [-0.3, -0.25) is 0 Å². The highest BCUT2D eigenvalue weighted by Gasteiger charge is 2.36. The number of hydrogen-bond acceptors (Lipinski definition) is 5. The van der Waals surface area contributed by atoms with E-state index in [2.05, 4.69) is 4.98 Å². The van der Waals surface area contributed by atoms with E-state index in [-0.39, 0.29) is 6.04 Å². The Morgan fingerprint density at radius 2 is 2.43 bits per heavy atom. The maximum absolute atomic E-state index is 10.4. The van der Waals surface area contributed by atoms with Gasteiger partial charge in [-0.25, -0.2) is 4.98 Å². The first-order valence-electron chi connectivity index (χ1n) is 4.80. The van der Waals surface area contributed by atoms with E-state index in [4.69, 9.17) is 11.5 Å². The molecule has 2 unspecified atom stereocenters. The standard InChI is InChI=1S/C9H15N3OS/c10-6-2-1-3-9(13,4-6)7-5-12-8(11)14-7/h5-6,13H,1-4,10H2,(H2,11,12). The summed E-state index contributed by atoms with van der Waals surface area (Å²) in [4.78, 5) is 4.81. The lowest BCUT2D eigenvalue weighted by atomic mass is 9.81. The van der Waals surface area contributed by atoms with Crippen LogP contribution in [0.25, 0.3) is 0 Å². The van der Waals surface area contributed by atoms with E-state index in [0.717, 1.165) is 24.1 Å². The number of thiazole rings is 1. The highest BCUT2D eigenvalue weighted by atomic mass is 32.1. The Balaban J connectivity index is 2.22. The molecule has 2 rings (SSSR count). The van der Waals surface area contributed by atoms with Gasteiger partial charge in [0.05, 0.1) is 4.88 Å². The molecule has 1 saturated carbocycles. The lowest BCUT2D eigenvalue weighted by molar-refractivity contribution is -0.00397. The summed E-state index contributed by atoms with van der Waals surface area (Å²) in [5.74, 6) is 0. The minimum Gasteiger partial charge on any atom is -0.384 e. The number of aromatic nitrogens is 1. The topological polar surface area (TPSA) is 85.2 Å². The van der Waals surface area contributed by atoms with Crippen LogP contribution in [0.1, 0.15) is 30.6 Å². The van der Waals surface area contributed by atoms with Crippen molar-refractivity contribution < 1.29 is 5.11 Å². The van der Waals surface area contributed by atoms with Gasteiger partial charge in [-0.05, 0) is 25.7 Å². The zero-order valence-electron chi connectivity index (χ0n) is 7.94. The zero-order chi connectivity index (χ0) is 10.2. The number of aliphatic hydroxyl groups is 1. The largest absolute Gasteiger partial charge is 0.384 e. The van der Waals surface area contributed by atoms with Crippen LogP contribution in [0.2, 0.25) is 0 Å². The van der Waals surface area contributed by atoms with Crippen molar-refractivity contribution in [2.75, 3.05) is 5.73 Å². The number of anilines is 1. The second kappa shape index (κ2) is 3.49. The molecule has 5 N–H and O–H groups in total. The molecule has 5 heteroatoms. The Hall–Kier alpha value is -0.650. The first-order chi connectivity index (χ1) is 6.60. The Kier molecular flexibility index (Phi) is 2.47. The highest BCUT2D eigenvalue weighted by molar-refractivity contribution is 7.15. The minimum atomic E-state index is -0.785. The second-order valence-electron chi connectivity index (χ2n) is 3.95. The average molecular weight is 213 g/mol. The highest BCUT2D eigenvalue weighted by Crippen LogP contribution is 2.39. The molecule has 0 saturated heterocycles. The summed E-state index contributed by atoms with van der Waals surface area (Å²) in [7, 11) is 0. The first-order valence-corrected chi connectivity index (χ1v) is 5.61. The maximum atomic E-state index is 10.4. The van der Waals surface area contributed by atoms with Crippen LogP contribution in [0, 0.1) is 0 Å². The third-order valence-corrected chi connectivity index (χ3v) is 3.77. The quantitative estimate of drug-likeness (QED) is 0.644. The predicted octanol–water partition coefficient (Wildman–Crippen LogP) is 0.814. The van der Waals surface area contributed by atoms with E-state index < -0.39 is 5.60 Å². The molecule has 0 spiro atoms. The van der Waals surface area contributed by atoms with Crippen LogP contribution in [-0.2, 0) is 5.60 Å². The van der Waals surface area contributed by atoms with Crippen molar-refractivity contribution in [2.24, 2.45) is 5.73 Å². The molecule has 14 heavy (non-hydrogen) atoms. The summed E-state index contributed by atoms with van der Waals surface area (Å²) < 4.78 is 0. The Morgan fingerprint density at radius 1 is 1.64 bits per heavy atom. The number of hydrogen-bond donors (Lipinski definition) is 3. The van der Waals surface area contributed by atoms with Gasteiger partial charge in [-0.2, -0.15) is 0 Å². The van der Waals surface area contributed by atoms with E-state index in [0.29, 0.717) is 11.6 Å². The molecule has 0 radical (unpaired) electrons. The molecule has 1 aliphatic rings. The summed E-state index contributed by atoms with van der Waals surface area (Å²) >= 11 is 1.36. The summed E-state index contributed by atoms with van der Waals surface area (Å²) in [6.07, 6.45) is 5.01. The van der Waals surface area contributed by atoms with Crippen molar-refractivity contribution in [3.05, 3.63) is 11.1 Å².